The number of anilines is 1. The maximum absolute atomic E-state index is 13.3. The molecule has 0 radical (unpaired) electrons. The van der Waals surface area contributed by atoms with Crippen molar-refractivity contribution in [1.29, 1.82) is 0 Å². The van der Waals surface area contributed by atoms with Gasteiger partial charge in [0.2, 0.25) is 5.91 Å². The van der Waals surface area contributed by atoms with E-state index in [0.29, 0.717) is 6.42 Å². The van der Waals surface area contributed by atoms with Crippen LogP contribution in [-0.4, -0.2) is 31.1 Å². The zero-order valence-corrected chi connectivity index (χ0v) is 17.0. The lowest BCUT2D eigenvalue weighted by Gasteiger charge is -2.31. The second-order valence-corrected chi connectivity index (χ2v) is 7.66. The first-order valence-corrected chi connectivity index (χ1v) is 10.4. The third-order valence-electron chi connectivity index (χ3n) is 5.58. The smallest absolute Gasteiger partial charge is 0.328 e. The lowest BCUT2D eigenvalue weighted by Crippen LogP contribution is -2.51. The van der Waals surface area contributed by atoms with E-state index in [-0.39, 0.29) is 17.9 Å². The summed E-state index contributed by atoms with van der Waals surface area (Å²) in [5.41, 5.74) is 1.89. The summed E-state index contributed by atoms with van der Waals surface area (Å²) >= 11 is 0. The van der Waals surface area contributed by atoms with Crippen molar-refractivity contribution in [3.8, 4) is 0 Å². The predicted octanol–water partition coefficient (Wildman–Crippen LogP) is 3.95. The molecule has 2 N–H and O–H groups in total. The molecule has 1 aliphatic rings. The molecule has 0 aromatic heterocycles. The van der Waals surface area contributed by atoms with Crippen LogP contribution in [0.25, 0.3) is 0 Å². The normalized spacial score (nSPS) is 16.4. The van der Waals surface area contributed by atoms with Gasteiger partial charge in [-0.2, -0.15) is 0 Å². The van der Waals surface area contributed by atoms with Gasteiger partial charge in [-0.25, -0.2) is 4.79 Å². The van der Waals surface area contributed by atoms with Crippen molar-refractivity contribution in [3.05, 3.63) is 66.2 Å². The number of hydrogen-bond donors (Lipinski definition) is 2. The van der Waals surface area contributed by atoms with E-state index in [1.165, 1.54) is 13.5 Å². The van der Waals surface area contributed by atoms with Crippen molar-refractivity contribution in [3.63, 3.8) is 0 Å². The minimum atomic E-state index is -0.710. The number of carbonyl (C=O) groups excluding carboxylic acids is 2. The number of carbonyl (C=O) groups is 2. The first kappa shape index (κ1) is 20.9. The molecule has 154 valence electrons. The molecule has 1 fully saturated rings. The minimum absolute atomic E-state index is 0.146. The van der Waals surface area contributed by atoms with Gasteiger partial charge in [0.15, 0.2) is 0 Å². The maximum Gasteiger partial charge on any atom is 0.328 e. The van der Waals surface area contributed by atoms with Crippen LogP contribution in [0, 0.1) is 5.92 Å². The summed E-state index contributed by atoms with van der Waals surface area (Å²) in [6, 6.07) is 18.4. The Kier molecular flexibility index (Phi) is 7.68. The van der Waals surface area contributed by atoms with Crippen molar-refractivity contribution < 1.29 is 14.3 Å². The van der Waals surface area contributed by atoms with Crippen molar-refractivity contribution in [2.24, 2.45) is 5.92 Å². The molecular weight excluding hydrogens is 364 g/mol. The van der Waals surface area contributed by atoms with E-state index in [4.69, 9.17) is 4.74 Å². The van der Waals surface area contributed by atoms with E-state index in [9.17, 15) is 9.59 Å². The maximum atomic E-state index is 13.3. The third kappa shape index (κ3) is 6.08. The average Bonchev–Trinajstić information content (AvgIpc) is 2.78. The standard InChI is InChI=1S/C24H30N2O3/c1-29-24(28)21(17-18-11-5-2-6-12-18)26-23(27)22(19-13-7-3-8-14-19)25-20-15-9-4-10-16-20/h2,4-6,9-12,15-16,19,21-22,25H,3,7-8,13-14,17H2,1H3,(H,26,27). The molecule has 0 spiro atoms. The van der Waals surface area contributed by atoms with Gasteiger partial charge in [0.25, 0.3) is 0 Å². The van der Waals surface area contributed by atoms with Gasteiger partial charge in [-0.15, -0.1) is 0 Å². The van der Waals surface area contributed by atoms with Gasteiger partial charge in [0, 0.05) is 12.1 Å². The molecule has 0 heterocycles. The van der Waals surface area contributed by atoms with Crippen LogP contribution in [0.1, 0.15) is 37.7 Å². The van der Waals surface area contributed by atoms with Gasteiger partial charge in [-0.1, -0.05) is 67.8 Å². The number of ether oxygens (including phenoxy) is 1. The molecule has 2 aromatic carbocycles. The van der Waals surface area contributed by atoms with E-state index in [1.807, 2.05) is 60.7 Å². The molecule has 5 heteroatoms. The molecule has 1 aliphatic carbocycles. The quantitative estimate of drug-likeness (QED) is 0.666. The fourth-order valence-corrected chi connectivity index (χ4v) is 4.03. The second kappa shape index (κ2) is 10.6. The van der Waals surface area contributed by atoms with Crippen LogP contribution in [0.3, 0.4) is 0 Å². The number of benzene rings is 2. The van der Waals surface area contributed by atoms with Crippen LogP contribution in [-0.2, 0) is 20.7 Å². The van der Waals surface area contributed by atoms with Gasteiger partial charge >= 0.3 is 5.97 Å². The van der Waals surface area contributed by atoms with E-state index in [1.54, 1.807) is 0 Å². The number of amides is 1. The largest absolute Gasteiger partial charge is 0.467 e. The molecule has 2 unspecified atom stereocenters. The van der Waals surface area contributed by atoms with Crippen LogP contribution in [0.15, 0.2) is 60.7 Å². The molecular formula is C24H30N2O3. The molecule has 0 aliphatic heterocycles. The van der Waals surface area contributed by atoms with Crippen LogP contribution >= 0.6 is 0 Å². The summed E-state index contributed by atoms with van der Waals surface area (Å²) < 4.78 is 4.95. The fraction of sp³-hybridized carbons (Fsp3) is 0.417. The Hall–Kier alpha value is -2.82. The van der Waals surface area contributed by atoms with Crippen molar-refractivity contribution in [2.45, 2.75) is 50.6 Å². The summed E-state index contributed by atoms with van der Waals surface area (Å²) in [5.74, 6) is -0.324. The Morgan fingerprint density at radius 2 is 1.59 bits per heavy atom. The van der Waals surface area contributed by atoms with E-state index < -0.39 is 12.0 Å². The average molecular weight is 395 g/mol. The molecule has 1 saturated carbocycles. The molecule has 2 atom stereocenters. The molecule has 29 heavy (non-hydrogen) atoms. The summed E-state index contributed by atoms with van der Waals surface area (Å²) in [5, 5.41) is 6.37. The van der Waals surface area contributed by atoms with Crippen LogP contribution in [0.5, 0.6) is 0 Å². The number of nitrogens with one attached hydrogen (secondary N) is 2. The zero-order chi connectivity index (χ0) is 20.5. The Morgan fingerprint density at radius 1 is 0.966 bits per heavy atom. The van der Waals surface area contributed by atoms with Crippen molar-refractivity contribution >= 4 is 17.6 Å². The number of rotatable bonds is 8. The summed E-state index contributed by atoms with van der Waals surface area (Å²) in [4.78, 5) is 25.6. The lowest BCUT2D eigenvalue weighted by atomic mass is 9.83. The van der Waals surface area contributed by atoms with Gasteiger partial charge in [-0.05, 0) is 36.5 Å². The Labute approximate surface area is 172 Å². The number of para-hydroxylation sites is 1. The van der Waals surface area contributed by atoms with Crippen LogP contribution < -0.4 is 10.6 Å². The summed E-state index contributed by atoms with van der Waals surface area (Å²) in [6.07, 6.45) is 5.92. The van der Waals surface area contributed by atoms with Crippen LogP contribution in [0.4, 0.5) is 5.69 Å². The van der Waals surface area contributed by atoms with Gasteiger partial charge in [0.05, 0.1) is 7.11 Å². The summed E-state index contributed by atoms with van der Waals surface area (Å²) in [7, 11) is 1.35. The highest BCUT2D eigenvalue weighted by atomic mass is 16.5. The number of hydrogen-bond acceptors (Lipinski definition) is 4. The first-order valence-electron chi connectivity index (χ1n) is 10.4. The highest BCUT2D eigenvalue weighted by Crippen LogP contribution is 2.28. The monoisotopic (exact) mass is 394 g/mol. The highest BCUT2D eigenvalue weighted by Gasteiger charge is 2.32. The third-order valence-corrected chi connectivity index (χ3v) is 5.58. The first-order chi connectivity index (χ1) is 14.2. The topological polar surface area (TPSA) is 67.4 Å². The number of methoxy groups -OCH3 is 1. The SMILES string of the molecule is COC(=O)C(Cc1ccccc1)NC(=O)C(Nc1ccccc1)C1CCCCC1. The lowest BCUT2D eigenvalue weighted by molar-refractivity contribution is -0.145. The van der Waals surface area contributed by atoms with Crippen LogP contribution in [0.2, 0.25) is 0 Å². The predicted molar refractivity (Wildman–Crippen MR) is 115 cm³/mol. The Bertz CT molecular complexity index is 773. The molecule has 0 saturated heterocycles. The minimum Gasteiger partial charge on any atom is -0.467 e. The second-order valence-electron chi connectivity index (χ2n) is 7.66. The van der Waals surface area contributed by atoms with Crippen molar-refractivity contribution in [1.82, 2.24) is 5.32 Å². The van der Waals surface area contributed by atoms with E-state index >= 15 is 0 Å². The Balaban J connectivity index is 1.75. The van der Waals surface area contributed by atoms with Gasteiger partial charge in [0.1, 0.15) is 12.1 Å². The molecule has 5 nitrogen and oxygen atoms in total. The Morgan fingerprint density at radius 3 is 2.21 bits per heavy atom. The fourth-order valence-electron chi connectivity index (χ4n) is 4.03. The number of esters is 1. The molecule has 3 rings (SSSR count). The van der Waals surface area contributed by atoms with Crippen molar-refractivity contribution in [2.75, 3.05) is 12.4 Å². The zero-order valence-electron chi connectivity index (χ0n) is 17.0. The molecule has 1 amide bonds. The molecule has 2 aromatic rings. The highest BCUT2D eigenvalue weighted by molar-refractivity contribution is 5.89. The molecule has 0 bridgehead atoms. The van der Waals surface area contributed by atoms with Gasteiger partial charge in [-0.3, -0.25) is 4.79 Å². The van der Waals surface area contributed by atoms with E-state index in [2.05, 4.69) is 10.6 Å². The van der Waals surface area contributed by atoms with Gasteiger partial charge < -0.3 is 15.4 Å². The summed E-state index contributed by atoms with van der Waals surface area (Å²) in [6.45, 7) is 0. The van der Waals surface area contributed by atoms with E-state index in [0.717, 1.165) is 36.9 Å².